The molecule has 0 saturated carbocycles. The average molecular weight is 431 g/mol. The third-order valence-corrected chi connectivity index (χ3v) is 5.33. The minimum absolute atomic E-state index is 0.274. The lowest BCUT2D eigenvalue weighted by Gasteiger charge is -2.35. The van der Waals surface area contributed by atoms with Gasteiger partial charge in [-0.1, -0.05) is 23.2 Å². The summed E-state index contributed by atoms with van der Waals surface area (Å²) in [5.74, 6) is 1.44. The Morgan fingerprint density at radius 2 is 1.69 bits per heavy atom. The Labute approximate surface area is 179 Å². The molecule has 1 aliphatic rings. The SMILES string of the molecule is CCOC(=O)N1CCN(c2nc(-c3ccc(Cl)cc3)nc3ccc(Cl)cc23)CC1. The van der Waals surface area contributed by atoms with Crippen LogP contribution in [0.15, 0.2) is 42.5 Å². The highest BCUT2D eigenvalue weighted by atomic mass is 35.5. The first kappa shape index (κ1) is 19.7. The maximum Gasteiger partial charge on any atom is 0.409 e. The van der Waals surface area contributed by atoms with Gasteiger partial charge >= 0.3 is 6.09 Å². The van der Waals surface area contributed by atoms with Gasteiger partial charge in [-0.3, -0.25) is 0 Å². The van der Waals surface area contributed by atoms with Crippen LogP contribution in [0.4, 0.5) is 10.6 Å². The Kier molecular flexibility index (Phi) is 5.74. The maximum absolute atomic E-state index is 12.0. The van der Waals surface area contributed by atoms with Crippen molar-refractivity contribution in [3.8, 4) is 11.4 Å². The van der Waals surface area contributed by atoms with Crippen LogP contribution in [-0.4, -0.2) is 53.7 Å². The van der Waals surface area contributed by atoms with Crippen molar-refractivity contribution in [3.05, 3.63) is 52.5 Å². The van der Waals surface area contributed by atoms with Crippen LogP contribution in [0.2, 0.25) is 10.0 Å². The molecule has 0 atom stereocenters. The number of halogens is 2. The topological polar surface area (TPSA) is 58.6 Å². The zero-order valence-electron chi connectivity index (χ0n) is 15.9. The Morgan fingerprint density at radius 3 is 2.38 bits per heavy atom. The van der Waals surface area contributed by atoms with Gasteiger partial charge in [-0.05, 0) is 49.4 Å². The van der Waals surface area contributed by atoms with Crippen molar-refractivity contribution in [1.82, 2.24) is 14.9 Å². The Hall–Kier alpha value is -2.57. The first-order valence-electron chi connectivity index (χ1n) is 9.45. The molecule has 29 heavy (non-hydrogen) atoms. The van der Waals surface area contributed by atoms with Crippen LogP contribution in [0.3, 0.4) is 0 Å². The smallest absolute Gasteiger partial charge is 0.409 e. The van der Waals surface area contributed by atoms with E-state index in [1.54, 1.807) is 4.90 Å². The molecule has 0 unspecified atom stereocenters. The van der Waals surface area contributed by atoms with Crippen LogP contribution >= 0.6 is 23.2 Å². The number of ether oxygens (including phenoxy) is 1. The summed E-state index contributed by atoms with van der Waals surface area (Å²) in [6.45, 7) is 4.62. The van der Waals surface area contributed by atoms with Gasteiger partial charge < -0.3 is 14.5 Å². The monoisotopic (exact) mass is 430 g/mol. The second-order valence-electron chi connectivity index (χ2n) is 6.71. The standard InChI is InChI=1S/C21H20Cl2N4O2/c1-2-29-21(28)27-11-9-26(10-12-27)20-17-13-16(23)7-8-18(17)24-19(25-20)14-3-5-15(22)6-4-14/h3-8,13H,2,9-12H2,1H3. The molecule has 0 bridgehead atoms. The number of fused-ring (bicyclic) bond motifs is 1. The minimum atomic E-state index is -0.274. The molecule has 1 aromatic heterocycles. The summed E-state index contributed by atoms with van der Waals surface area (Å²) in [6, 6.07) is 13.1. The van der Waals surface area contributed by atoms with Crippen LogP contribution in [0.5, 0.6) is 0 Å². The number of anilines is 1. The van der Waals surface area contributed by atoms with Gasteiger partial charge in [0.2, 0.25) is 0 Å². The highest BCUT2D eigenvalue weighted by Crippen LogP contribution is 2.30. The molecular formula is C21H20Cl2N4O2. The number of hydrogen-bond donors (Lipinski definition) is 0. The molecule has 1 amide bonds. The quantitative estimate of drug-likeness (QED) is 0.592. The van der Waals surface area contributed by atoms with E-state index in [9.17, 15) is 4.79 Å². The molecule has 1 saturated heterocycles. The normalized spacial score (nSPS) is 14.3. The summed E-state index contributed by atoms with van der Waals surface area (Å²) in [6.07, 6.45) is -0.274. The van der Waals surface area contributed by atoms with E-state index < -0.39 is 0 Å². The molecular weight excluding hydrogens is 411 g/mol. The van der Waals surface area contributed by atoms with Crippen LogP contribution in [0, 0.1) is 0 Å². The van der Waals surface area contributed by atoms with E-state index in [0.717, 1.165) is 22.3 Å². The van der Waals surface area contributed by atoms with Gasteiger partial charge in [0.1, 0.15) is 5.82 Å². The number of carbonyl (C=O) groups excluding carboxylic acids is 1. The Morgan fingerprint density at radius 1 is 1.00 bits per heavy atom. The average Bonchev–Trinajstić information content (AvgIpc) is 2.74. The lowest BCUT2D eigenvalue weighted by Crippen LogP contribution is -2.49. The first-order valence-corrected chi connectivity index (χ1v) is 10.2. The highest BCUT2D eigenvalue weighted by molar-refractivity contribution is 6.31. The highest BCUT2D eigenvalue weighted by Gasteiger charge is 2.24. The second kappa shape index (κ2) is 8.43. The van der Waals surface area contributed by atoms with E-state index in [-0.39, 0.29) is 6.09 Å². The predicted molar refractivity (Wildman–Crippen MR) is 116 cm³/mol. The van der Waals surface area contributed by atoms with E-state index in [1.807, 2.05) is 49.4 Å². The number of piperazine rings is 1. The molecule has 2 aromatic carbocycles. The molecule has 0 aliphatic carbocycles. The molecule has 0 radical (unpaired) electrons. The Balaban J connectivity index is 1.70. The van der Waals surface area contributed by atoms with Gasteiger partial charge in [0.25, 0.3) is 0 Å². The fraction of sp³-hybridized carbons (Fsp3) is 0.286. The van der Waals surface area contributed by atoms with Crippen molar-refractivity contribution < 1.29 is 9.53 Å². The molecule has 150 valence electrons. The summed E-state index contributed by atoms with van der Waals surface area (Å²) >= 11 is 12.3. The van der Waals surface area contributed by atoms with Crippen LogP contribution < -0.4 is 4.90 Å². The minimum Gasteiger partial charge on any atom is -0.450 e. The van der Waals surface area contributed by atoms with Crippen molar-refractivity contribution in [2.24, 2.45) is 0 Å². The first-order chi connectivity index (χ1) is 14.0. The third-order valence-electron chi connectivity index (χ3n) is 4.85. The number of aromatic nitrogens is 2. The van der Waals surface area contributed by atoms with Gasteiger partial charge in [-0.2, -0.15) is 0 Å². The zero-order chi connectivity index (χ0) is 20.4. The summed E-state index contributed by atoms with van der Waals surface area (Å²) < 4.78 is 5.11. The summed E-state index contributed by atoms with van der Waals surface area (Å²) in [5.41, 5.74) is 1.70. The van der Waals surface area contributed by atoms with E-state index in [2.05, 4.69) is 4.90 Å². The van der Waals surface area contributed by atoms with Gasteiger partial charge in [-0.15, -0.1) is 0 Å². The molecule has 1 aliphatic heterocycles. The number of rotatable bonds is 3. The van der Waals surface area contributed by atoms with Crippen molar-refractivity contribution in [2.75, 3.05) is 37.7 Å². The van der Waals surface area contributed by atoms with Crippen molar-refractivity contribution in [3.63, 3.8) is 0 Å². The van der Waals surface area contributed by atoms with Crippen LogP contribution in [0.25, 0.3) is 22.3 Å². The van der Waals surface area contributed by atoms with Gasteiger partial charge in [0.15, 0.2) is 5.82 Å². The lowest BCUT2D eigenvalue weighted by atomic mass is 10.1. The number of nitrogens with zero attached hydrogens (tertiary/aromatic N) is 4. The maximum atomic E-state index is 12.0. The van der Waals surface area contributed by atoms with Crippen LogP contribution in [0.1, 0.15) is 6.92 Å². The molecule has 2 heterocycles. The van der Waals surface area contributed by atoms with E-state index >= 15 is 0 Å². The van der Waals surface area contributed by atoms with Crippen molar-refractivity contribution >= 4 is 46.0 Å². The molecule has 4 rings (SSSR count). The predicted octanol–water partition coefficient (Wildman–Crippen LogP) is 4.88. The van der Waals surface area contributed by atoms with E-state index in [4.69, 9.17) is 37.9 Å². The van der Waals surface area contributed by atoms with E-state index in [1.165, 1.54) is 0 Å². The zero-order valence-corrected chi connectivity index (χ0v) is 17.5. The fourth-order valence-electron chi connectivity index (χ4n) is 3.37. The van der Waals surface area contributed by atoms with Gasteiger partial charge in [0, 0.05) is 47.2 Å². The molecule has 6 nitrogen and oxygen atoms in total. The number of hydrogen-bond acceptors (Lipinski definition) is 5. The Bertz CT molecular complexity index is 1030. The molecule has 8 heteroatoms. The number of carbonyl (C=O) groups is 1. The van der Waals surface area contributed by atoms with Crippen molar-refractivity contribution in [2.45, 2.75) is 6.92 Å². The second-order valence-corrected chi connectivity index (χ2v) is 7.59. The lowest BCUT2D eigenvalue weighted by molar-refractivity contribution is 0.105. The third kappa shape index (κ3) is 4.23. The molecule has 3 aromatic rings. The summed E-state index contributed by atoms with van der Waals surface area (Å²) in [7, 11) is 0. The van der Waals surface area contributed by atoms with E-state index in [0.29, 0.717) is 48.7 Å². The van der Waals surface area contributed by atoms with Gasteiger partial charge in [-0.25, -0.2) is 14.8 Å². The van der Waals surface area contributed by atoms with Gasteiger partial charge in [0.05, 0.1) is 12.1 Å². The molecule has 0 N–H and O–H groups in total. The summed E-state index contributed by atoms with van der Waals surface area (Å²) in [5, 5.41) is 2.18. The van der Waals surface area contributed by atoms with Crippen LogP contribution in [-0.2, 0) is 4.74 Å². The number of amides is 1. The number of benzene rings is 2. The fourth-order valence-corrected chi connectivity index (χ4v) is 3.67. The molecule has 0 spiro atoms. The molecule has 1 fully saturated rings. The summed E-state index contributed by atoms with van der Waals surface area (Å²) in [4.78, 5) is 25.4. The van der Waals surface area contributed by atoms with Crippen molar-refractivity contribution in [1.29, 1.82) is 0 Å². The largest absolute Gasteiger partial charge is 0.450 e.